The summed E-state index contributed by atoms with van der Waals surface area (Å²) in [6, 6.07) is 16.1. The van der Waals surface area contributed by atoms with Gasteiger partial charge >= 0.3 is 5.97 Å². The lowest BCUT2D eigenvalue weighted by Crippen LogP contribution is -2.17. The summed E-state index contributed by atoms with van der Waals surface area (Å²) >= 11 is 0. The van der Waals surface area contributed by atoms with E-state index < -0.39 is 0 Å². The van der Waals surface area contributed by atoms with Crippen LogP contribution in [-0.4, -0.2) is 26.3 Å². The van der Waals surface area contributed by atoms with Crippen LogP contribution in [0.25, 0.3) is 11.1 Å². The number of ether oxygens (including phenoxy) is 3. The largest absolute Gasteiger partial charge is 0.497 e. The molecule has 0 spiro atoms. The van der Waals surface area contributed by atoms with E-state index in [1.54, 1.807) is 7.11 Å². The monoisotopic (exact) mass is 418 g/mol. The van der Waals surface area contributed by atoms with Gasteiger partial charge in [-0.15, -0.1) is 24.7 Å². The molecule has 0 saturated heterocycles. The number of hydrogen-bond acceptors (Lipinski definition) is 4. The fraction of sp³-hybridized carbons (Fsp3) is 0.370. The van der Waals surface area contributed by atoms with Gasteiger partial charge in [0.15, 0.2) is 0 Å². The Bertz CT molecular complexity index is 853. The minimum atomic E-state index is -0.389. The van der Waals surface area contributed by atoms with E-state index >= 15 is 0 Å². The van der Waals surface area contributed by atoms with Gasteiger partial charge in [-0.3, -0.25) is 4.79 Å². The number of rotatable bonds is 13. The molecule has 0 amide bonds. The van der Waals surface area contributed by atoms with Gasteiger partial charge in [-0.2, -0.15) is 0 Å². The van der Waals surface area contributed by atoms with Crippen LogP contribution in [-0.2, 0) is 9.53 Å². The van der Waals surface area contributed by atoms with Crippen molar-refractivity contribution >= 4 is 5.97 Å². The molecule has 0 bridgehead atoms. The second-order valence-electron chi connectivity index (χ2n) is 7.20. The van der Waals surface area contributed by atoms with Crippen LogP contribution < -0.4 is 9.47 Å². The van der Waals surface area contributed by atoms with E-state index in [4.69, 9.17) is 27.1 Å². The van der Waals surface area contributed by atoms with Gasteiger partial charge in [0, 0.05) is 12.8 Å². The SMILES string of the molecule is C#CCC(CC#C)C(=O)OCCCCCCOc1ccc(-c2ccc(OC)cc2)cc1. The van der Waals surface area contributed by atoms with Crippen molar-refractivity contribution in [3.05, 3.63) is 48.5 Å². The molecule has 2 aromatic rings. The minimum absolute atomic E-state index is 0.294. The van der Waals surface area contributed by atoms with Gasteiger partial charge in [0.05, 0.1) is 26.2 Å². The molecule has 0 radical (unpaired) electrons. The number of benzene rings is 2. The maximum atomic E-state index is 11.9. The molecule has 4 nitrogen and oxygen atoms in total. The number of methoxy groups -OCH3 is 1. The number of hydrogen-bond donors (Lipinski definition) is 0. The molecule has 0 aliphatic carbocycles. The summed E-state index contributed by atoms with van der Waals surface area (Å²) in [5.41, 5.74) is 2.27. The van der Waals surface area contributed by atoms with Crippen molar-refractivity contribution in [1.82, 2.24) is 0 Å². The lowest BCUT2D eigenvalue weighted by Gasteiger charge is -2.11. The molecular weight excluding hydrogens is 388 g/mol. The maximum absolute atomic E-state index is 11.9. The van der Waals surface area contributed by atoms with Gasteiger partial charge in [0.1, 0.15) is 11.5 Å². The van der Waals surface area contributed by atoms with Gasteiger partial charge in [-0.05, 0) is 61.1 Å². The van der Waals surface area contributed by atoms with Gasteiger partial charge in [-0.25, -0.2) is 0 Å². The van der Waals surface area contributed by atoms with E-state index in [2.05, 4.69) is 24.0 Å². The summed E-state index contributed by atoms with van der Waals surface area (Å²) in [6.45, 7) is 1.06. The highest BCUT2D eigenvalue weighted by molar-refractivity contribution is 5.73. The number of unbranched alkanes of at least 4 members (excludes halogenated alkanes) is 3. The molecule has 2 aromatic carbocycles. The van der Waals surface area contributed by atoms with Crippen molar-refractivity contribution in [3.63, 3.8) is 0 Å². The zero-order chi connectivity index (χ0) is 22.3. The number of carbonyl (C=O) groups excluding carboxylic acids is 1. The Labute approximate surface area is 185 Å². The van der Waals surface area contributed by atoms with Crippen LogP contribution in [0.3, 0.4) is 0 Å². The number of terminal acetylenes is 2. The minimum Gasteiger partial charge on any atom is -0.497 e. The third-order valence-electron chi connectivity index (χ3n) is 4.89. The highest BCUT2D eigenvalue weighted by Crippen LogP contribution is 2.24. The summed E-state index contributed by atoms with van der Waals surface area (Å²) in [6.07, 6.45) is 14.9. The van der Waals surface area contributed by atoms with E-state index in [0.717, 1.165) is 48.3 Å². The molecule has 162 valence electrons. The summed E-state index contributed by atoms with van der Waals surface area (Å²) in [5.74, 6) is 5.97. The van der Waals surface area contributed by atoms with Crippen LogP contribution in [0.15, 0.2) is 48.5 Å². The lowest BCUT2D eigenvalue weighted by molar-refractivity contribution is -0.148. The quantitative estimate of drug-likeness (QED) is 0.245. The Morgan fingerprint density at radius 1 is 0.806 bits per heavy atom. The van der Waals surface area contributed by atoms with Gasteiger partial charge in [-0.1, -0.05) is 24.3 Å². The second-order valence-corrected chi connectivity index (χ2v) is 7.20. The van der Waals surface area contributed by atoms with E-state index in [9.17, 15) is 4.79 Å². The fourth-order valence-electron chi connectivity index (χ4n) is 3.09. The Balaban J connectivity index is 1.59. The molecule has 31 heavy (non-hydrogen) atoms. The molecule has 0 fully saturated rings. The first-order chi connectivity index (χ1) is 15.2. The molecule has 4 heteroatoms. The van der Waals surface area contributed by atoms with E-state index in [-0.39, 0.29) is 11.9 Å². The zero-order valence-corrected chi connectivity index (χ0v) is 18.1. The maximum Gasteiger partial charge on any atom is 0.310 e. The van der Waals surface area contributed by atoms with Crippen molar-refractivity contribution < 1.29 is 19.0 Å². The number of esters is 1. The number of carbonyl (C=O) groups is 1. The van der Waals surface area contributed by atoms with Crippen molar-refractivity contribution in [2.24, 2.45) is 5.92 Å². The van der Waals surface area contributed by atoms with E-state index in [1.807, 2.05) is 36.4 Å². The van der Waals surface area contributed by atoms with Crippen LogP contribution in [0.2, 0.25) is 0 Å². The molecule has 0 aliphatic rings. The summed E-state index contributed by atoms with van der Waals surface area (Å²) in [4.78, 5) is 11.9. The first kappa shape index (κ1) is 23.9. The van der Waals surface area contributed by atoms with Gasteiger partial charge in [0.25, 0.3) is 0 Å². The Morgan fingerprint density at radius 2 is 1.32 bits per heavy atom. The van der Waals surface area contributed by atoms with Crippen LogP contribution in [0.4, 0.5) is 0 Å². The van der Waals surface area contributed by atoms with Crippen molar-refractivity contribution in [3.8, 4) is 47.3 Å². The lowest BCUT2D eigenvalue weighted by atomic mass is 10.0. The average molecular weight is 419 g/mol. The summed E-state index contributed by atoms with van der Waals surface area (Å²) < 4.78 is 16.3. The molecular formula is C27H30O4. The first-order valence-electron chi connectivity index (χ1n) is 10.6. The molecule has 0 atom stereocenters. The summed E-state index contributed by atoms with van der Waals surface area (Å²) in [5, 5.41) is 0. The predicted octanol–water partition coefficient (Wildman–Crippen LogP) is 5.51. The first-order valence-corrected chi connectivity index (χ1v) is 10.6. The average Bonchev–Trinajstić information content (AvgIpc) is 2.81. The third-order valence-corrected chi connectivity index (χ3v) is 4.89. The van der Waals surface area contributed by atoms with Crippen molar-refractivity contribution in [1.29, 1.82) is 0 Å². The Kier molecular flexibility index (Phi) is 10.6. The second kappa shape index (κ2) is 13.8. The molecule has 0 aromatic heterocycles. The highest BCUT2D eigenvalue weighted by atomic mass is 16.5. The van der Waals surface area contributed by atoms with Gasteiger partial charge in [0.2, 0.25) is 0 Å². The zero-order valence-electron chi connectivity index (χ0n) is 18.1. The van der Waals surface area contributed by atoms with Crippen LogP contribution in [0, 0.1) is 30.6 Å². The fourth-order valence-corrected chi connectivity index (χ4v) is 3.09. The highest BCUT2D eigenvalue weighted by Gasteiger charge is 2.17. The molecule has 0 unspecified atom stereocenters. The van der Waals surface area contributed by atoms with Crippen LogP contribution in [0.5, 0.6) is 11.5 Å². The van der Waals surface area contributed by atoms with Crippen LogP contribution >= 0.6 is 0 Å². The third kappa shape index (κ3) is 8.49. The standard InChI is InChI=1S/C27H30O4/c1-4-10-24(11-5-2)27(28)31-21-9-7-6-8-20-30-26-18-14-23(15-19-26)22-12-16-25(29-3)17-13-22/h1-2,12-19,24H,6-11,20-21H2,3H3. The van der Waals surface area contributed by atoms with Crippen molar-refractivity contribution in [2.75, 3.05) is 20.3 Å². The molecule has 0 saturated carbocycles. The Morgan fingerprint density at radius 3 is 1.84 bits per heavy atom. The molecule has 0 aliphatic heterocycles. The normalized spacial score (nSPS) is 10.2. The Hall–Kier alpha value is -3.37. The van der Waals surface area contributed by atoms with E-state index in [0.29, 0.717) is 26.1 Å². The molecule has 0 N–H and O–H groups in total. The molecule has 0 heterocycles. The predicted molar refractivity (Wildman–Crippen MR) is 124 cm³/mol. The van der Waals surface area contributed by atoms with Crippen molar-refractivity contribution in [2.45, 2.75) is 38.5 Å². The molecule has 2 rings (SSSR count). The van der Waals surface area contributed by atoms with Gasteiger partial charge < -0.3 is 14.2 Å². The van der Waals surface area contributed by atoms with E-state index in [1.165, 1.54) is 0 Å². The van der Waals surface area contributed by atoms with Crippen LogP contribution in [0.1, 0.15) is 38.5 Å². The summed E-state index contributed by atoms with van der Waals surface area (Å²) in [7, 11) is 1.66. The smallest absolute Gasteiger partial charge is 0.310 e. The topological polar surface area (TPSA) is 44.8 Å².